The molecule has 1 aliphatic rings. The zero-order valence-corrected chi connectivity index (χ0v) is 27.0. The van der Waals surface area contributed by atoms with Crippen molar-refractivity contribution >= 4 is 17.6 Å². The average molecular weight is 662 g/mol. The zero-order valence-electron chi connectivity index (χ0n) is 26.3. The van der Waals surface area contributed by atoms with E-state index in [1.54, 1.807) is 36.5 Å². The molecule has 0 unspecified atom stereocenters. The minimum atomic E-state index is -0.974. The van der Waals surface area contributed by atoms with Gasteiger partial charge in [0.05, 0.1) is 10.6 Å². The van der Waals surface area contributed by atoms with E-state index in [1.807, 2.05) is 55.5 Å². The van der Waals surface area contributed by atoms with Gasteiger partial charge in [0.2, 0.25) is 0 Å². The lowest BCUT2D eigenvalue weighted by molar-refractivity contribution is -0.139. The second-order valence-electron chi connectivity index (χ2n) is 11.8. The molecule has 0 amide bonds. The monoisotopic (exact) mass is 661 g/mol. The number of benzene rings is 4. The molecule has 0 radical (unpaired) electrons. The molecule has 2 N–H and O–H groups in total. The molecule has 242 valence electrons. The molecule has 0 aliphatic heterocycles. The highest BCUT2D eigenvalue weighted by Gasteiger charge is 2.28. The van der Waals surface area contributed by atoms with Crippen LogP contribution in [0.4, 0.5) is 4.39 Å². The Bertz CT molecular complexity index is 1990. The van der Waals surface area contributed by atoms with E-state index in [4.69, 9.17) is 21.1 Å². The topological polar surface area (TPSA) is 104 Å². The molecule has 7 nitrogen and oxygen atoms in total. The Morgan fingerprint density at radius 2 is 1.83 bits per heavy atom. The van der Waals surface area contributed by atoms with E-state index >= 15 is 0 Å². The molecule has 0 bridgehead atoms. The third-order valence-electron chi connectivity index (χ3n) is 8.48. The van der Waals surface area contributed by atoms with Crippen LogP contribution >= 0.6 is 11.6 Å². The fraction of sp³-hybridized carbons (Fsp3) is 0.205. The number of carboxylic acids is 1. The number of hydrogen-bond acceptors (Lipinski definition) is 6. The van der Waals surface area contributed by atoms with Gasteiger partial charge in [0.15, 0.2) is 0 Å². The number of rotatable bonds is 12. The number of nitriles is 1. The summed E-state index contributed by atoms with van der Waals surface area (Å²) in [5, 5.41) is 22.8. The van der Waals surface area contributed by atoms with Crippen molar-refractivity contribution in [1.29, 1.82) is 5.26 Å². The van der Waals surface area contributed by atoms with Crippen LogP contribution in [0.1, 0.15) is 51.5 Å². The number of pyridine rings is 1. The van der Waals surface area contributed by atoms with Crippen molar-refractivity contribution in [2.75, 3.05) is 0 Å². The Morgan fingerprint density at radius 3 is 2.60 bits per heavy atom. The van der Waals surface area contributed by atoms with Crippen molar-refractivity contribution in [3.8, 4) is 28.7 Å². The molecular weight excluding hydrogens is 629 g/mol. The van der Waals surface area contributed by atoms with Crippen LogP contribution in [0.15, 0.2) is 97.3 Å². The summed E-state index contributed by atoms with van der Waals surface area (Å²) >= 11 is 6.81. The molecule has 6 rings (SSSR count). The van der Waals surface area contributed by atoms with E-state index < -0.39 is 12.0 Å². The van der Waals surface area contributed by atoms with Gasteiger partial charge in [-0.2, -0.15) is 5.26 Å². The van der Waals surface area contributed by atoms with E-state index in [-0.39, 0.29) is 25.1 Å². The first kappa shape index (κ1) is 32.7. The van der Waals surface area contributed by atoms with Gasteiger partial charge in [-0.1, -0.05) is 77.8 Å². The van der Waals surface area contributed by atoms with Crippen LogP contribution in [0.25, 0.3) is 11.1 Å². The number of nitrogens with one attached hydrogen (secondary N) is 1. The molecule has 0 saturated heterocycles. The van der Waals surface area contributed by atoms with Gasteiger partial charge in [-0.25, -0.2) is 4.39 Å². The number of carboxylic acid groups (broad SMARTS) is 1. The number of nitrogens with zero attached hydrogens (tertiary/aromatic N) is 2. The maximum absolute atomic E-state index is 14.7. The molecule has 48 heavy (non-hydrogen) atoms. The largest absolute Gasteiger partial charge is 0.488 e. The number of hydrogen-bond donors (Lipinski definition) is 2. The first-order valence-electron chi connectivity index (χ1n) is 15.6. The highest BCUT2D eigenvalue weighted by Crippen LogP contribution is 2.43. The first-order valence-corrected chi connectivity index (χ1v) is 16.0. The van der Waals surface area contributed by atoms with Gasteiger partial charge in [-0.05, 0) is 66.6 Å². The number of aryl methyl sites for hydroxylation is 1. The number of fused-ring (bicyclic) bond motifs is 1. The SMILES string of the molecule is Cc1ccc(C[C@@H](NCc2cc(Cl)c(O[C@H]3CCc4c(-c5ccccc5F)cccc43)cc2OCc2cncc(C#N)c2)C(=O)O)cc1. The van der Waals surface area contributed by atoms with Crippen LogP contribution in [-0.2, 0) is 30.8 Å². The summed E-state index contributed by atoms with van der Waals surface area (Å²) in [6.45, 7) is 2.25. The first-order chi connectivity index (χ1) is 23.3. The van der Waals surface area contributed by atoms with Crippen molar-refractivity contribution in [2.24, 2.45) is 0 Å². The molecule has 0 saturated carbocycles. The van der Waals surface area contributed by atoms with Gasteiger partial charge in [0, 0.05) is 41.7 Å². The summed E-state index contributed by atoms with van der Waals surface area (Å²) in [7, 11) is 0. The Hall–Kier alpha value is -5.23. The maximum Gasteiger partial charge on any atom is 0.321 e. The van der Waals surface area contributed by atoms with Gasteiger partial charge in [-0.3, -0.25) is 15.1 Å². The normalized spacial score (nSPS) is 14.2. The molecule has 2 atom stereocenters. The molecule has 1 heterocycles. The predicted molar refractivity (Wildman–Crippen MR) is 181 cm³/mol. The van der Waals surface area contributed by atoms with Crippen LogP contribution in [0.3, 0.4) is 0 Å². The molecule has 1 aromatic heterocycles. The van der Waals surface area contributed by atoms with E-state index in [0.29, 0.717) is 58.0 Å². The van der Waals surface area contributed by atoms with Gasteiger partial charge in [0.25, 0.3) is 0 Å². The highest BCUT2D eigenvalue weighted by atomic mass is 35.5. The second kappa shape index (κ2) is 14.7. The Balaban J connectivity index is 1.27. The van der Waals surface area contributed by atoms with E-state index in [0.717, 1.165) is 27.8 Å². The van der Waals surface area contributed by atoms with Gasteiger partial charge in [0.1, 0.15) is 42.1 Å². The number of halogens is 2. The lowest BCUT2D eigenvalue weighted by Gasteiger charge is -2.21. The van der Waals surface area contributed by atoms with Gasteiger partial charge in [-0.15, -0.1) is 0 Å². The summed E-state index contributed by atoms with van der Waals surface area (Å²) < 4.78 is 27.5. The van der Waals surface area contributed by atoms with Crippen molar-refractivity contribution < 1.29 is 23.8 Å². The lowest BCUT2D eigenvalue weighted by atomic mass is 9.96. The molecule has 1 aliphatic carbocycles. The fourth-order valence-electron chi connectivity index (χ4n) is 5.99. The molecule has 4 aromatic carbocycles. The van der Waals surface area contributed by atoms with Gasteiger partial charge >= 0.3 is 5.97 Å². The fourth-order valence-corrected chi connectivity index (χ4v) is 6.22. The Morgan fingerprint density at radius 1 is 1.04 bits per heavy atom. The number of aliphatic carboxylic acids is 1. The quantitative estimate of drug-likeness (QED) is 0.139. The van der Waals surface area contributed by atoms with Crippen molar-refractivity contribution in [3.63, 3.8) is 0 Å². The van der Waals surface area contributed by atoms with E-state index in [9.17, 15) is 19.6 Å². The predicted octanol–water partition coefficient (Wildman–Crippen LogP) is 8.15. The number of ether oxygens (including phenoxy) is 2. The molecule has 0 fully saturated rings. The van der Waals surface area contributed by atoms with E-state index in [2.05, 4.69) is 16.4 Å². The smallest absolute Gasteiger partial charge is 0.321 e. The van der Waals surface area contributed by atoms with Crippen molar-refractivity contribution in [2.45, 2.75) is 51.5 Å². The van der Waals surface area contributed by atoms with E-state index in [1.165, 1.54) is 12.3 Å². The minimum Gasteiger partial charge on any atom is -0.488 e. The molecule has 5 aromatic rings. The lowest BCUT2D eigenvalue weighted by Crippen LogP contribution is -2.38. The Labute approximate surface area is 283 Å². The van der Waals surface area contributed by atoms with Crippen LogP contribution in [-0.4, -0.2) is 22.1 Å². The molecule has 0 spiro atoms. The Kier molecular flexibility index (Phi) is 10.0. The van der Waals surface area contributed by atoms with Crippen LogP contribution in [0.5, 0.6) is 11.5 Å². The third kappa shape index (κ3) is 7.49. The minimum absolute atomic E-state index is 0.112. The van der Waals surface area contributed by atoms with Crippen LogP contribution in [0, 0.1) is 24.1 Å². The molecular formula is C39H33ClFN3O4. The van der Waals surface area contributed by atoms with Crippen LogP contribution < -0.4 is 14.8 Å². The average Bonchev–Trinajstić information content (AvgIpc) is 3.51. The second-order valence-corrected chi connectivity index (χ2v) is 12.2. The van der Waals surface area contributed by atoms with Crippen molar-refractivity contribution in [3.05, 3.63) is 147 Å². The zero-order chi connectivity index (χ0) is 33.6. The summed E-state index contributed by atoms with van der Waals surface area (Å²) in [5.74, 6) is -0.396. The van der Waals surface area contributed by atoms with Gasteiger partial charge < -0.3 is 14.6 Å². The third-order valence-corrected chi connectivity index (χ3v) is 8.78. The molecule has 9 heteroatoms. The number of carbonyl (C=O) groups is 1. The van der Waals surface area contributed by atoms with Crippen LogP contribution in [0.2, 0.25) is 5.02 Å². The number of aromatic nitrogens is 1. The summed E-state index contributed by atoms with van der Waals surface area (Å²) in [5.41, 5.74) is 7.15. The summed E-state index contributed by atoms with van der Waals surface area (Å²) in [4.78, 5) is 16.3. The standard InChI is InChI=1S/C39H33ClFN3O4/c1-24-9-11-25(12-10-24)16-35(39(45)46)44-22-28-17-33(40)38(18-37(28)47-23-27-15-26(19-42)20-43-21-27)48-36-14-13-30-29(6-4-7-32(30)36)31-5-2-3-8-34(31)41/h2-12,15,17-18,20-21,35-36,44H,13-14,16,22-23H2,1H3,(H,45,46)/t35-,36+/m1/s1. The van der Waals surface area contributed by atoms with Crippen molar-refractivity contribution in [1.82, 2.24) is 10.3 Å². The highest BCUT2D eigenvalue weighted by molar-refractivity contribution is 6.32. The maximum atomic E-state index is 14.7. The summed E-state index contributed by atoms with van der Waals surface area (Å²) in [6, 6.07) is 26.7. The summed E-state index contributed by atoms with van der Waals surface area (Å²) in [6.07, 6.45) is 4.48.